The third-order valence-electron chi connectivity index (χ3n) is 14.7. The lowest BCUT2D eigenvalue weighted by molar-refractivity contribution is -0.305. The maximum atomic E-state index is 13.8. The van der Waals surface area contributed by atoms with Crippen molar-refractivity contribution in [1.82, 2.24) is 15.0 Å². The number of rotatable bonds is 15. The van der Waals surface area contributed by atoms with Crippen LogP contribution in [0.25, 0.3) is 21.9 Å². The first-order valence-electron chi connectivity index (χ1n) is 25.3. The molecule has 0 saturated carbocycles. The topological polar surface area (TPSA) is 354 Å². The number of aromatic nitrogens is 3. The van der Waals surface area contributed by atoms with Crippen molar-refractivity contribution >= 4 is 51.3 Å². The summed E-state index contributed by atoms with van der Waals surface area (Å²) in [5.41, 5.74) is -4.05. The average Bonchev–Trinajstić information content (AvgIpc) is 4.22. The first kappa shape index (κ1) is 56.5. The number of Topliss-reactive ketones (excluding diaryl/α,β-unsaturated/α-hetero) is 1. The van der Waals surface area contributed by atoms with Gasteiger partial charge in [0.1, 0.15) is 57.7 Å². The Morgan fingerprint density at radius 2 is 1.19 bits per heavy atom. The summed E-state index contributed by atoms with van der Waals surface area (Å²) in [4.78, 5) is 89.2. The van der Waals surface area contributed by atoms with Crippen LogP contribution in [-0.2, 0) is 30.1 Å². The SMILES string of the molecule is CO[C@@H]1C(OC(=O)c2ccc(C)[nH]2)[C@H](O)[C@H](Oc2ccc3c(O)c(NC(=O)c4[nH]cc(C(=O)Cc5c(O)c6ccc(O[C@@H]7OC(C)(C)[C@H](CO)[C@H](OC(=O)c8ccc(C)[nH]8)C7O)c(C)c6oc5=O)c4C)c(=O)oc3c2C)OC1(C)C. The van der Waals surface area contributed by atoms with Gasteiger partial charge in [0.05, 0.1) is 40.1 Å². The molecule has 424 valence electrons. The van der Waals surface area contributed by atoms with Gasteiger partial charge in [0, 0.05) is 47.8 Å². The van der Waals surface area contributed by atoms with Crippen molar-refractivity contribution < 1.29 is 86.7 Å². The van der Waals surface area contributed by atoms with Crippen LogP contribution in [0.5, 0.6) is 23.0 Å². The summed E-state index contributed by atoms with van der Waals surface area (Å²) < 4.78 is 52.7. The van der Waals surface area contributed by atoms with Crippen LogP contribution in [0.2, 0.25) is 0 Å². The molecule has 7 heterocycles. The molecule has 0 spiro atoms. The summed E-state index contributed by atoms with van der Waals surface area (Å²) in [6.45, 7) is 14.0. The van der Waals surface area contributed by atoms with Crippen LogP contribution < -0.4 is 26.0 Å². The van der Waals surface area contributed by atoms with E-state index >= 15 is 0 Å². The number of hydrogen-bond donors (Lipinski definition) is 9. The van der Waals surface area contributed by atoms with Gasteiger partial charge >= 0.3 is 23.2 Å². The number of aliphatic hydroxyl groups is 3. The average molecular weight is 1110 g/mol. The fourth-order valence-corrected chi connectivity index (χ4v) is 10.2. The number of carbonyl (C=O) groups is 4. The molecule has 2 aliphatic rings. The second kappa shape index (κ2) is 21.4. The molecule has 9 rings (SSSR count). The van der Waals surface area contributed by atoms with Crippen molar-refractivity contribution in [2.24, 2.45) is 5.92 Å². The van der Waals surface area contributed by atoms with E-state index in [1.54, 1.807) is 53.7 Å². The maximum absolute atomic E-state index is 13.8. The molecule has 2 aromatic carbocycles. The molecule has 0 radical (unpaired) electrons. The number of esters is 2. The minimum atomic E-state index is -1.61. The Morgan fingerprint density at radius 3 is 1.71 bits per heavy atom. The highest BCUT2D eigenvalue weighted by Crippen LogP contribution is 2.42. The fourth-order valence-electron chi connectivity index (χ4n) is 10.2. The number of methoxy groups -OCH3 is 1. The minimum absolute atomic E-state index is 0.0217. The number of aromatic amines is 3. The Hall–Kier alpha value is -8.26. The predicted octanol–water partition coefficient (Wildman–Crippen LogP) is 5.34. The first-order valence-corrected chi connectivity index (χ1v) is 25.3. The summed E-state index contributed by atoms with van der Waals surface area (Å²) in [6, 6.07) is 11.9. The first-order chi connectivity index (χ1) is 37.7. The summed E-state index contributed by atoms with van der Waals surface area (Å²) in [6.07, 6.45) is -9.10. The van der Waals surface area contributed by atoms with Crippen molar-refractivity contribution in [3.05, 3.63) is 132 Å². The van der Waals surface area contributed by atoms with E-state index < -0.39 is 131 Å². The molecular weight excluding hydrogens is 1050 g/mol. The van der Waals surface area contributed by atoms with Crippen molar-refractivity contribution in [3.8, 4) is 23.0 Å². The summed E-state index contributed by atoms with van der Waals surface area (Å²) in [7, 11) is 1.38. The fraction of sp³-hybridized carbons (Fsp3) is 0.393. The van der Waals surface area contributed by atoms with E-state index in [1.807, 2.05) is 0 Å². The van der Waals surface area contributed by atoms with Crippen molar-refractivity contribution in [3.63, 3.8) is 0 Å². The van der Waals surface area contributed by atoms with Gasteiger partial charge in [-0.15, -0.1) is 0 Å². The molecule has 5 aromatic heterocycles. The molecular formula is C56H60N4O20. The van der Waals surface area contributed by atoms with Crippen LogP contribution in [-0.4, -0.2) is 132 Å². The zero-order valence-corrected chi connectivity index (χ0v) is 45.1. The number of H-pyrrole nitrogens is 3. The number of amides is 1. The number of benzene rings is 2. The molecule has 0 aliphatic carbocycles. The number of carbonyl (C=O) groups excluding carboxylic acids is 4. The Labute approximate surface area is 454 Å². The third-order valence-corrected chi connectivity index (χ3v) is 14.7. The number of fused-ring (bicyclic) bond motifs is 2. The van der Waals surface area contributed by atoms with Crippen LogP contribution in [0.1, 0.15) is 103 Å². The molecule has 24 nitrogen and oxygen atoms in total. The van der Waals surface area contributed by atoms with Crippen LogP contribution in [0, 0.1) is 40.5 Å². The Bertz CT molecular complexity index is 3470. The molecule has 80 heavy (non-hydrogen) atoms. The monoisotopic (exact) mass is 1110 g/mol. The lowest BCUT2D eigenvalue weighted by atomic mass is 9.81. The van der Waals surface area contributed by atoms with E-state index in [-0.39, 0.29) is 72.8 Å². The predicted molar refractivity (Wildman–Crippen MR) is 281 cm³/mol. The number of aryl methyl sites for hydroxylation is 4. The normalized spacial score (nSPS) is 22.5. The number of aromatic hydroxyl groups is 2. The van der Waals surface area contributed by atoms with Crippen molar-refractivity contribution in [1.29, 1.82) is 0 Å². The number of ketones is 1. The zero-order chi connectivity index (χ0) is 58.0. The van der Waals surface area contributed by atoms with Gasteiger partial charge in [-0.3, -0.25) is 9.59 Å². The van der Waals surface area contributed by atoms with E-state index in [9.17, 15) is 54.3 Å². The molecule has 2 saturated heterocycles. The Morgan fingerprint density at radius 1 is 0.675 bits per heavy atom. The molecule has 0 bridgehead atoms. The van der Waals surface area contributed by atoms with Gasteiger partial charge < -0.3 is 87.8 Å². The number of aliphatic hydroxyl groups excluding tert-OH is 3. The van der Waals surface area contributed by atoms with Gasteiger partial charge in [-0.2, -0.15) is 0 Å². The molecule has 9 N–H and O–H groups in total. The third kappa shape index (κ3) is 10.3. The van der Waals surface area contributed by atoms with E-state index in [4.69, 9.17) is 42.0 Å². The van der Waals surface area contributed by atoms with E-state index in [1.165, 1.54) is 70.5 Å². The second-order valence-corrected chi connectivity index (χ2v) is 20.9. The zero-order valence-electron chi connectivity index (χ0n) is 45.1. The van der Waals surface area contributed by atoms with Gasteiger partial charge in [0.15, 0.2) is 35.5 Å². The van der Waals surface area contributed by atoms with Gasteiger partial charge in [0.2, 0.25) is 12.6 Å². The molecule has 2 unspecified atom stereocenters. The molecule has 2 aliphatic heterocycles. The second-order valence-electron chi connectivity index (χ2n) is 20.9. The van der Waals surface area contributed by atoms with Crippen LogP contribution in [0.3, 0.4) is 0 Å². The number of nitrogens with one attached hydrogen (secondary N) is 4. The molecule has 7 aromatic rings. The highest BCUT2D eigenvalue weighted by Gasteiger charge is 2.54. The highest BCUT2D eigenvalue weighted by molar-refractivity contribution is 6.09. The quantitative estimate of drug-likeness (QED) is 0.0355. The Balaban J connectivity index is 0.890. The van der Waals surface area contributed by atoms with Gasteiger partial charge in [-0.05, 0) is 116 Å². The highest BCUT2D eigenvalue weighted by atomic mass is 16.7. The van der Waals surface area contributed by atoms with E-state index in [0.717, 1.165) is 0 Å². The number of hydrogen-bond acceptors (Lipinski definition) is 20. The lowest BCUT2D eigenvalue weighted by Gasteiger charge is -2.47. The number of ether oxygens (including phenoxy) is 7. The largest absolute Gasteiger partial charge is 0.507 e. The standard InChI is InChI=1S/C56H60N4O20/c1-22-11-15-32(58-22)50(69)77-45-31(21-61)55(6,7)79-53(41(45)65)73-35-17-13-27-39(63)29(49(68)75-43(27)25(35)4)19-34(62)30-20-57-37(24(30)3)48(67)60-38-40(64)28-14-18-36(26(5)44(28)76-52(38)71)74-54-42(66)46(47(72-10)56(8,9)80-54)78-51(70)33-16-12-23(2)59-33/h11-18,20,31,41-42,45-47,53-54,57-59,61,63-66H,19,21H2,1-10H3,(H,60,67)/t31-,41?,42+,45+,46?,47-,53-,54-/m1/s1. The van der Waals surface area contributed by atoms with Gasteiger partial charge in [-0.25, -0.2) is 19.2 Å². The molecule has 8 atom stereocenters. The maximum Gasteiger partial charge on any atom is 0.364 e. The van der Waals surface area contributed by atoms with E-state index in [2.05, 4.69) is 20.3 Å². The summed E-state index contributed by atoms with van der Waals surface area (Å²) in [5, 5.41) is 58.4. The van der Waals surface area contributed by atoms with E-state index in [0.29, 0.717) is 11.4 Å². The van der Waals surface area contributed by atoms with Crippen LogP contribution in [0.15, 0.2) is 73.2 Å². The Kier molecular flexibility index (Phi) is 15.1. The van der Waals surface area contributed by atoms with Crippen LogP contribution in [0.4, 0.5) is 5.69 Å². The molecule has 24 heteroatoms. The van der Waals surface area contributed by atoms with Crippen molar-refractivity contribution in [2.75, 3.05) is 19.0 Å². The van der Waals surface area contributed by atoms with Gasteiger partial charge in [0.25, 0.3) is 5.91 Å². The van der Waals surface area contributed by atoms with Gasteiger partial charge in [-0.1, -0.05) is 0 Å². The van der Waals surface area contributed by atoms with Crippen LogP contribution >= 0.6 is 0 Å². The van der Waals surface area contributed by atoms with Crippen molar-refractivity contribution in [2.45, 2.75) is 123 Å². The molecule has 2 fully saturated rings. The molecule has 1 amide bonds. The summed E-state index contributed by atoms with van der Waals surface area (Å²) >= 11 is 0. The lowest BCUT2D eigenvalue weighted by Crippen LogP contribution is -2.65. The number of anilines is 1. The minimum Gasteiger partial charge on any atom is -0.507 e. The smallest absolute Gasteiger partial charge is 0.364 e. The summed E-state index contributed by atoms with van der Waals surface area (Å²) in [5.74, 6) is -5.24.